The van der Waals surface area contributed by atoms with E-state index in [-0.39, 0.29) is 11.4 Å². The van der Waals surface area contributed by atoms with Crippen molar-refractivity contribution in [3.8, 4) is 5.69 Å². The molecule has 1 amide bonds. The molecule has 8 heteroatoms. The van der Waals surface area contributed by atoms with Crippen LogP contribution in [0.3, 0.4) is 0 Å². The maximum atomic E-state index is 12.2. The van der Waals surface area contributed by atoms with Crippen molar-refractivity contribution in [1.29, 1.82) is 0 Å². The molecular formula is C16H11ClN4O3. The maximum absolute atomic E-state index is 12.2. The Morgan fingerprint density at radius 2 is 1.96 bits per heavy atom. The zero-order valence-corrected chi connectivity index (χ0v) is 13.0. The topological polar surface area (TPSA) is 90.1 Å². The molecule has 1 heterocycles. The van der Waals surface area contributed by atoms with Crippen molar-refractivity contribution in [1.82, 2.24) is 9.78 Å². The van der Waals surface area contributed by atoms with Crippen LogP contribution in [0.15, 0.2) is 60.8 Å². The number of carbonyl (C=O) groups excluding carboxylic acids is 1. The lowest BCUT2D eigenvalue weighted by Crippen LogP contribution is -2.13. The Morgan fingerprint density at radius 1 is 1.17 bits per heavy atom. The molecule has 0 saturated heterocycles. The van der Waals surface area contributed by atoms with Crippen LogP contribution in [0.5, 0.6) is 0 Å². The van der Waals surface area contributed by atoms with Crippen molar-refractivity contribution in [2.24, 2.45) is 0 Å². The minimum Gasteiger partial charge on any atom is -0.321 e. The lowest BCUT2D eigenvalue weighted by atomic mass is 10.3. The van der Waals surface area contributed by atoms with Crippen LogP contribution in [-0.4, -0.2) is 20.6 Å². The van der Waals surface area contributed by atoms with E-state index in [0.29, 0.717) is 16.4 Å². The zero-order chi connectivity index (χ0) is 17.1. The highest BCUT2D eigenvalue weighted by Gasteiger charge is 2.12. The Bertz CT molecular complexity index is 923. The first-order valence-electron chi connectivity index (χ1n) is 6.90. The molecule has 3 rings (SSSR count). The van der Waals surface area contributed by atoms with Crippen LogP contribution in [-0.2, 0) is 0 Å². The molecule has 0 radical (unpaired) electrons. The van der Waals surface area contributed by atoms with Crippen LogP contribution in [0.2, 0.25) is 5.02 Å². The summed E-state index contributed by atoms with van der Waals surface area (Å²) in [6, 6.07) is 14.3. The van der Waals surface area contributed by atoms with Crippen LogP contribution in [0.25, 0.3) is 5.69 Å². The molecule has 120 valence electrons. The third kappa shape index (κ3) is 3.41. The molecular weight excluding hydrogens is 332 g/mol. The van der Waals surface area contributed by atoms with E-state index in [1.807, 2.05) is 0 Å². The molecule has 0 spiro atoms. The second-order valence-corrected chi connectivity index (χ2v) is 5.32. The predicted molar refractivity (Wildman–Crippen MR) is 89.6 cm³/mol. The van der Waals surface area contributed by atoms with Gasteiger partial charge in [0.2, 0.25) is 0 Å². The minimum atomic E-state index is -0.486. The lowest BCUT2D eigenvalue weighted by molar-refractivity contribution is -0.384. The van der Waals surface area contributed by atoms with E-state index in [1.54, 1.807) is 42.6 Å². The molecule has 0 unspecified atom stereocenters. The molecule has 0 atom stereocenters. The van der Waals surface area contributed by atoms with E-state index in [4.69, 9.17) is 11.6 Å². The normalized spacial score (nSPS) is 10.4. The number of anilines is 1. The number of amides is 1. The SMILES string of the molecule is O=C(Nc1cccc(Cl)c1)c1ccn(-c2cccc([N+](=O)[O-])c2)n1. The van der Waals surface area contributed by atoms with Crippen LogP contribution in [0.1, 0.15) is 10.5 Å². The van der Waals surface area contributed by atoms with Crippen molar-refractivity contribution in [3.05, 3.63) is 81.6 Å². The predicted octanol–water partition coefficient (Wildman–Crippen LogP) is 3.69. The van der Waals surface area contributed by atoms with E-state index in [0.717, 1.165) is 0 Å². The van der Waals surface area contributed by atoms with Gasteiger partial charge >= 0.3 is 0 Å². The summed E-state index contributed by atoms with van der Waals surface area (Å²) in [7, 11) is 0. The highest BCUT2D eigenvalue weighted by Crippen LogP contribution is 2.18. The number of aromatic nitrogens is 2. The van der Waals surface area contributed by atoms with Gasteiger partial charge in [-0.2, -0.15) is 5.10 Å². The van der Waals surface area contributed by atoms with Crippen molar-refractivity contribution in [2.45, 2.75) is 0 Å². The van der Waals surface area contributed by atoms with Gasteiger partial charge in [0.15, 0.2) is 5.69 Å². The Labute approximate surface area is 141 Å². The molecule has 0 aliphatic carbocycles. The molecule has 7 nitrogen and oxygen atoms in total. The number of nitrogens with zero attached hydrogens (tertiary/aromatic N) is 3. The van der Waals surface area contributed by atoms with E-state index in [9.17, 15) is 14.9 Å². The number of halogens is 1. The number of nitro groups is 1. The monoisotopic (exact) mass is 342 g/mol. The molecule has 3 aromatic rings. The van der Waals surface area contributed by atoms with Crippen LogP contribution in [0.4, 0.5) is 11.4 Å². The van der Waals surface area contributed by atoms with Gasteiger partial charge in [0.05, 0.1) is 10.6 Å². The second kappa shape index (κ2) is 6.51. The standard InChI is InChI=1S/C16H11ClN4O3/c17-11-3-1-4-12(9-11)18-16(22)15-7-8-20(19-15)13-5-2-6-14(10-13)21(23)24/h1-10H,(H,18,22). The number of nitrogens with one attached hydrogen (secondary N) is 1. The van der Waals surface area contributed by atoms with Gasteiger partial charge in [0.1, 0.15) is 0 Å². The van der Waals surface area contributed by atoms with Crippen LogP contribution < -0.4 is 5.32 Å². The second-order valence-electron chi connectivity index (χ2n) is 4.89. The summed E-state index contributed by atoms with van der Waals surface area (Å²) in [6.07, 6.45) is 1.56. The molecule has 1 aromatic heterocycles. The number of hydrogen-bond acceptors (Lipinski definition) is 4. The van der Waals surface area contributed by atoms with Crippen molar-refractivity contribution >= 4 is 28.9 Å². The van der Waals surface area contributed by atoms with Gasteiger partial charge < -0.3 is 5.32 Å². The lowest BCUT2D eigenvalue weighted by Gasteiger charge is -2.03. The van der Waals surface area contributed by atoms with Crippen LogP contribution in [0, 0.1) is 10.1 Å². The average Bonchev–Trinajstić information content (AvgIpc) is 3.05. The first kappa shape index (κ1) is 15.7. The number of hydrogen-bond donors (Lipinski definition) is 1. The molecule has 0 aliphatic rings. The summed E-state index contributed by atoms with van der Waals surface area (Å²) < 4.78 is 1.40. The Hall–Kier alpha value is -3.19. The first-order chi connectivity index (χ1) is 11.5. The highest BCUT2D eigenvalue weighted by atomic mass is 35.5. The van der Waals surface area contributed by atoms with Gasteiger partial charge in [-0.15, -0.1) is 0 Å². The molecule has 0 aliphatic heterocycles. The summed E-state index contributed by atoms with van der Waals surface area (Å²) in [5, 5.41) is 18.2. The number of benzene rings is 2. The number of non-ortho nitro benzene ring substituents is 1. The smallest absolute Gasteiger partial charge is 0.276 e. The molecule has 1 N–H and O–H groups in total. The molecule has 24 heavy (non-hydrogen) atoms. The fraction of sp³-hybridized carbons (Fsp3) is 0. The Balaban J connectivity index is 1.81. The van der Waals surface area contributed by atoms with Gasteiger partial charge in [-0.25, -0.2) is 4.68 Å². The van der Waals surface area contributed by atoms with Crippen molar-refractivity contribution < 1.29 is 9.72 Å². The van der Waals surface area contributed by atoms with Gasteiger partial charge in [0, 0.05) is 29.0 Å². The van der Waals surface area contributed by atoms with E-state index in [2.05, 4.69) is 10.4 Å². The molecule has 0 bridgehead atoms. The molecule has 2 aromatic carbocycles. The van der Waals surface area contributed by atoms with E-state index in [1.165, 1.54) is 22.9 Å². The number of rotatable bonds is 4. The summed E-state index contributed by atoms with van der Waals surface area (Å²) in [5.74, 6) is -0.401. The van der Waals surface area contributed by atoms with Gasteiger partial charge in [0.25, 0.3) is 11.6 Å². The van der Waals surface area contributed by atoms with E-state index >= 15 is 0 Å². The third-order valence-corrected chi connectivity index (χ3v) is 3.44. The van der Waals surface area contributed by atoms with Gasteiger partial charge in [-0.1, -0.05) is 23.7 Å². The quantitative estimate of drug-likeness (QED) is 0.578. The first-order valence-corrected chi connectivity index (χ1v) is 7.28. The number of carbonyl (C=O) groups is 1. The van der Waals surface area contributed by atoms with Gasteiger partial charge in [-0.3, -0.25) is 14.9 Å². The van der Waals surface area contributed by atoms with Crippen molar-refractivity contribution in [3.63, 3.8) is 0 Å². The fourth-order valence-corrected chi connectivity index (χ4v) is 2.29. The zero-order valence-electron chi connectivity index (χ0n) is 12.2. The minimum absolute atomic E-state index is 0.0482. The Kier molecular flexibility index (Phi) is 4.26. The third-order valence-electron chi connectivity index (χ3n) is 3.21. The number of nitro benzene ring substituents is 1. The average molecular weight is 343 g/mol. The summed E-state index contributed by atoms with van der Waals surface area (Å²) in [6.45, 7) is 0. The van der Waals surface area contributed by atoms with E-state index < -0.39 is 10.8 Å². The van der Waals surface area contributed by atoms with Crippen molar-refractivity contribution in [2.75, 3.05) is 5.32 Å². The molecule has 0 fully saturated rings. The summed E-state index contributed by atoms with van der Waals surface area (Å²) in [5.41, 5.74) is 1.18. The summed E-state index contributed by atoms with van der Waals surface area (Å²) in [4.78, 5) is 22.6. The molecule has 0 saturated carbocycles. The summed E-state index contributed by atoms with van der Waals surface area (Å²) >= 11 is 5.87. The fourth-order valence-electron chi connectivity index (χ4n) is 2.10. The van der Waals surface area contributed by atoms with Gasteiger partial charge in [-0.05, 0) is 30.3 Å². The Morgan fingerprint density at radius 3 is 2.71 bits per heavy atom. The maximum Gasteiger partial charge on any atom is 0.276 e. The highest BCUT2D eigenvalue weighted by molar-refractivity contribution is 6.30. The largest absolute Gasteiger partial charge is 0.321 e. The van der Waals surface area contributed by atoms with Crippen LogP contribution >= 0.6 is 11.6 Å².